The van der Waals surface area contributed by atoms with Crippen molar-refractivity contribution in [2.24, 2.45) is 5.92 Å². The summed E-state index contributed by atoms with van der Waals surface area (Å²) in [5.41, 5.74) is 1.28. The molecule has 11 nitrogen and oxygen atoms in total. The number of benzene rings is 2. The zero-order valence-corrected chi connectivity index (χ0v) is 31.5. The lowest BCUT2D eigenvalue weighted by molar-refractivity contribution is -0.204. The molecule has 1 fully saturated rings. The average molecular weight is 701 g/mol. The van der Waals surface area contributed by atoms with Crippen LogP contribution in [0.15, 0.2) is 42.5 Å². The zero-order chi connectivity index (χ0) is 36.4. The molecule has 280 valence electrons. The molecule has 11 heteroatoms. The van der Waals surface area contributed by atoms with Gasteiger partial charge in [0.05, 0.1) is 57.4 Å². The number of likely N-dealkylation sites (tertiary alicyclic amines) is 1. The van der Waals surface area contributed by atoms with Gasteiger partial charge >= 0.3 is 6.09 Å². The summed E-state index contributed by atoms with van der Waals surface area (Å²) < 4.78 is 41.8. The fourth-order valence-corrected chi connectivity index (χ4v) is 6.30. The molecule has 1 amide bonds. The van der Waals surface area contributed by atoms with Gasteiger partial charge in [-0.05, 0) is 69.9 Å². The number of nitrogens with zero attached hydrogens (tertiary/aromatic N) is 2. The van der Waals surface area contributed by atoms with Gasteiger partial charge in [-0.25, -0.2) is 4.79 Å². The summed E-state index contributed by atoms with van der Waals surface area (Å²) in [7, 11) is 3.42. The molecule has 1 N–H and O–H groups in total. The predicted octanol–water partition coefficient (Wildman–Crippen LogP) is 5.93. The van der Waals surface area contributed by atoms with E-state index in [0.29, 0.717) is 51.9 Å². The molecule has 0 radical (unpaired) electrons. The van der Waals surface area contributed by atoms with E-state index in [1.807, 2.05) is 45.0 Å². The van der Waals surface area contributed by atoms with Gasteiger partial charge in [0.25, 0.3) is 0 Å². The normalized spacial score (nSPS) is 20.3. The first kappa shape index (κ1) is 39.8. The van der Waals surface area contributed by atoms with Gasteiger partial charge in [-0.1, -0.05) is 37.3 Å². The van der Waals surface area contributed by atoms with Crippen molar-refractivity contribution in [3.8, 4) is 5.75 Å². The fourth-order valence-electron chi connectivity index (χ4n) is 6.30. The van der Waals surface area contributed by atoms with Gasteiger partial charge in [-0.2, -0.15) is 0 Å². The van der Waals surface area contributed by atoms with Crippen LogP contribution >= 0.6 is 0 Å². The van der Waals surface area contributed by atoms with Crippen LogP contribution in [-0.2, 0) is 47.2 Å². The van der Waals surface area contributed by atoms with E-state index < -0.39 is 29.0 Å². The first-order valence-corrected chi connectivity index (χ1v) is 17.8. The van der Waals surface area contributed by atoms with Gasteiger partial charge in [0.1, 0.15) is 29.7 Å². The number of methoxy groups -OCH3 is 2. The molecule has 2 aromatic rings. The molecule has 0 saturated carbocycles. The maximum Gasteiger partial charge on any atom is 0.410 e. The summed E-state index contributed by atoms with van der Waals surface area (Å²) >= 11 is 0. The first-order chi connectivity index (χ1) is 23.7. The zero-order valence-electron chi connectivity index (χ0n) is 31.5. The number of carbonyl (C=O) groups excluding carboxylic acids is 1. The van der Waals surface area contributed by atoms with Gasteiger partial charge in [0.15, 0.2) is 0 Å². The van der Waals surface area contributed by atoms with Gasteiger partial charge in [-0.3, -0.25) is 0 Å². The van der Waals surface area contributed by atoms with Crippen LogP contribution < -0.4 is 9.64 Å². The Kier molecular flexibility index (Phi) is 14.4. The average Bonchev–Trinajstić information content (AvgIpc) is 3.06. The summed E-state index contributed by atoms with van der Waals surface area (Å²) in [5, 5.41) is 10.8. The second-order valence-electron chi connectivity index (χ2n) is 15.2. The number of ether oxygens (including phenoxy) is 7. The number of rotatable bonds is 17. The van der Waals surface area contributed by atoms with Crippen molar-refractivity contribution < 1.29 is 43.1 Å². The Bertz CT molecular complexity index is 1340. The summed E-state index contributed by atoms with van der Waals surface area (Å²) in [6.07, 6.45) is 0.393. The van der Waals surface area contributed by atoms with Crippen LogP contribution in [-0.4, -0.2) is 107 Å². The molecule has 2 aliphatic heterocycles. The highest BCUT2D eigenvalue weighted by Gasteiger charge is 2.49. The van der Waals surface area contributed by atoms with E-state index in [-0.39, 0.29) is 19.8 Å². The number of anilines is 1. The maximum absolute atomic E-state index is 13.4. The third kappa shape index (κ3) is 11.5. The Morgan fingerprint density at radius 3 is 2.42 bits per heavy atom. The quantitative estimate of drug-likeness (QED) is 0.200. The summed E-state index contributed by atoms with van der Waals surface area (Å²) in [6, 6.07) is 14.3. The highest BCUT2D eigenvalue weighted by Crippen LogP contribution is 2.41. The molecule has 2 heterocycles. The van der Waals surface area contributed by atoms with Gasteiger partial charge in [0, 0.05) is 46.3 Å². The van der Waals surface area contributed by atoms with E-state index >= 15 is 0 Å². The number of aliphatic hydroxyl groups is 1. The Hall–Kier alpha value is -2.93. The summed E-state index contributed by atoms with van der Waals surface area (Å²) in [5.74, 6) is 1.15. The lowest BCUT2D eigenvalue weighted by atomic mass is 9.81. The van der Waals surface area contributed by atoms with Gasteiger partial charge in [-0.15, -0.1) is 0 Å². The molecule has 1 saturated heterocycles. The highest BCUT2D eigenvalue weighted by atomic mass is 16.6. The third-order valence-electron chi connectivity index (χ3n) is 8.77. The van der Waals surface area contributed by atoms with Crippen molar-refractivity contribution in [2.45, 2.75) is 90.5 Å². The Morgan fingerprint density at radius 2 is 1.74 bits per heavy atom. The van der Waals surface area contributed by atoms with E-state index in [1.165, 1.54) is 0 Å². The van der Waals surface area contributed by atoms with Gasteiger partial charge in [0.2, 0.25) is 0 Å². The van der Waals surface area contributed by atoms with Crippen LogP contribution in [0.5, 0.6) is 5.75 Å². The summed E-state index contributed by atoms with van der Waals surface area (Å²) in [6.45, 7) is 16.9. The Morgan fingerprint density at radius 1 is 1.00 bits per heavy atom. The SMILES string of the molecule is COCCCN1CCOc2ccc(CO[C@H]3CN(C(=O)OC(C)(C)C)CC[C@]3(OCC(C)(C)O)c3ccc(COCC(C)COC)cc3)cc21. The number of piperidine rings is 1. The molecule has 3 atom stereocenters. The lowest BCUT2D eigenvalue weighted by Crippen LogP contribution is -2.58. The number of carbonyl (C=O) groups is 1. The van der Waals surface area contributed by atoms with Crippen LogP contribution in [0, 0.1) is 5.92 Å². The second-order valence-corrected chi connectivity index (χ2v) is 15.2. The van der Waals surface area contributed by atoms with E-state index in [0.717, 1.165) is 47.6 Å². The first-order valence-electron chi connectivity index (χ1n) is 17.8. The number of hydrogen-bond donors (Lipinski definition) is 1. The van der Waals surface area contributed by atoms with Crippen molar-refractivity contribution in [3.05, 3.63) is 59.2 Å². The van der Waals surface area contributed by atoms with Crippen LogP contribution in [0.1, 0.15) is 71.1 Å². The van der Waals surface area contributed by atoms with Crippen LogP contribution in [0.3, 0.4) is 0 Å². The summed E-state index contributed by atoms with van der Waals surface area (Å²) in [4.78, 5) is 17.4. The van der Waals surface area contributed by atoms with E-state index in [9.17, 15) is 9.90 Å². The standard InChI is InChI=1S/C39H60N2O9/c1-29(24-45-8)25-46-26-30-10-13-32(14-11-30)39(49-28-38(5,6)43)16-18-41(36(42)50-37(2,3)4)23-35(39)48-27-31-12-15-34-33(22-31)40(19-21-47-34)17-9-20-44-7/h10-15,22,29,35,43H,9,16-21,23-28H2,1-8H3/t29?,35-,39-/m0/s1. The topological polar surface area (TPSA) is 108 Å². The molecule has 0 bridgehead atoms. The van der Waals surface area contributed by atoms with Crippen LogP contribution in [0.4, 0.5) is 10.5 Å². The van der Waals surface area contributed by atoms with Crippen molar-refractivity contribution in [1.82, 2.24) is 4.90 Å². The van der Waals surface area contributed by atoms with Crippen molar-refractivity contribution in [2.75, 3.05) is 78.3 Å². The Labute approximate surface area is 299 Å². The van der Waals surface area contributed by atoms with Crippen LogP contribution in [0.2, 0.25) is 0 Å². The van der Waals surface area contributed by atoms with Crippen molar-refractivity contribution >= 4 is 11.8 Å². The largest absolute Gasteiger partial charge is 0.490 e. The van der Waals surface area contributed by atoms with E-state index in [1.54, 1.807) is 33.0 Å². The second kappa shape index (κ2) is 18.0. The minimum Gasteiger partial charge on any atom is -0.490 e. The predicted molar refractivity (Wildman–Crippen MR) is 193 cm³/mol. The molecule has 4 rings (SSSR count). The minimum atomic E-state index is -1.09. The number of fused-ring (bicyclic) bond motifs is 1. The molecule has 2 aromatic carbocycles. The molecular formula is C39H60N2O9. The lowest BCUT2D eigenvalue weighted by Gasteiger charge is -2.48. The molecule has 0 aromatic heterocycles. The van der Waals surface area contributed by atoms with E-state index in [2.05, 4.69) is 30.0 Å². The maximum atomic E-state index is 13.4. The van der Waals surface area contributed by atoms with E-state index in [4.69, 9.17) is 33.2 Å². The molecule has 0 aliphatic carbocycles. The number of amides is 1. The van der Waals surface area contributed by atoms with Crippen molar-refractivity contribution in [1.29, 1.82) is 0 Å². The van der Waals surface area contributed by atoms with Crippen molar-refractivity contribution in [3.63, 3.8) is 0 Å². The smallest absolute Gasteiger partial charge is 0.410 e. The molecular weight excluding hydrogens is 640 g/mol. The van der Waals surface area contributed by atoms with Gasteiger partial charge < -0.3 is 48.1 Å². The molecule has 2 aliphatic rings. The molecule has 0 spiro atoms. The molecule has 50 heavy (non-hydrogen) atoms. The molecule has 1 unspecified atom stereocenters. The fraction of sp³-hybridized carbons (Fsp3) is 0.667. The monoisotopic (exact) mass is 700 g/mol. The number of hydrogen-bond acceptors (Lipinski definition) is 10. The van der Waals surface area contributed by atoms with Crippen LogP contribution in [0.25, 0.3) is 0 Å². The third-order valence-corrected chi connectivity index (χ3v) is 8.77. The Balaban J connectivity index is 1.62. The highest BCUT2D eigenvalue weighted by molar-refractivity contribution is 5.68. The minimum absolute atomic E-state index is 0.0775.